The van der Waals surface area contributed by atoms with E-state index < -0.39 is 69.2 Å². The first kappa shape index (κ1) is 26.4. The molecule has 0 aromatic carbocycles. The van der Waals surface area contributed by atoms with E-state index in [0.29, 0.717) is 37.7 Å². The van der Waals surface area contributed by atoms with Crippen LogP contribution in [0, 0.1) is 39.4 Å². The van der Waals surface area contributed by atoms with E-state index in [0.717, 1.165) is 0 Å². The number of aliphatic hydroxyl groups is 2. The Kier molecular flexibility index (Phi) is 4.90. The van der Waals surface area contributed by atoms with Gasteiger partial charge in [-0.1, -0.05) is 13.8 Å². The van der Waals surface area contributed by atoms with Crippen molar-refractivity contribution in [3.63, 3.8) is 0 Å². The summed E-state index contributed by atoms with van der Waals surface area (Å²) in [6.07, 6.45) is 2.22. The average molecular weight is 571 g/mol. The number of Topliss-reactive ketones (excluding diaryl/α,β-unsaturated/α-hetero) is 1. The summed E-state index contributed by atoms with van der Waals surface area (Å²) in [7, 11) is 0. The molecule has 4 saturated heterocycles. The number of rotatable bonds is 2. The molecule has 2 N–H and O–H groups in total. The van der Waals surface area contributed by atoms with Crippen LogP contribution in [0.25, 0.3) is 0 Å². The highest BCUT2D eigenvalue weighted by atomic mass is 16.7. The van der Waals surface area contributed by atoms with Crippen LogP contribution in [0.4, 0.5) is 0 Å². The lowest BCUT2D eigenvalue weighted by molar-refractivity contribution is -0.264. The van der Waals surface area contributed by atoms with Crippen molar-refractivity contribution < 1.29 is 48.0 Å². The number of epoxide rings is 1. The highest BCUT2D eigenvalue weighted by Crippen LogP contribution is 2.81. The van der Waals surface area contributed by atoms with Crippen molar-refractivity contribution in [2.24, 2.45) is 39.4 Å². The van der Waals surface area contributed by atoms with Crippen molar-refractivity contribution in [2.75, 3.05) is 13.2 Å². The van der Waals surface area contributed by atoms with Crippen LogP contribution in [0.1, 0.15) is 71.5 Å². The van der Waals surface area contributed by atoms with E-state index in [9.17, 15) is 24.6 Å². The zero-order chi connectivity index (χ0) is 29.0. The van der Waals surface area contributed by atoms with Gasteiger partial charge >= 0.3 is 11.9 Å². The maximum atomic E-state index is 14.6. The normalized spacial score (nSPS) is 54.4. The van der Waals surface area contributed by atoms with Crippen molar-refractivity contribution in [1.29, 1.82) is 0 Å². The number of cyclic esters (lactones) is 2. The predicted molar refractivity (Wildman–Crippen MR) is 138 cm³/mol. The maximum Gasteiger partial charge on any atom is 0.339 e. The molecule has 0 radical (unpaired) electrons. The zero-order valence-corrected chi connectivity index (χ0v) is 23.9. The highest BCUT2D eigenvalue weighted by molar-refractivity contribution is 5.92. The predicted octanol–water partition coefficient (Wildman–Crippen LogP) is 2.50. The quantitative estimate of drug-likeness (QED) is 0.402. The minimum Gasteiger partial charge on any atom is -0.472 e. The van der Waals surface area contributed by atoms with Crippen LogP contribution in [0.2, 0.25) is 0 Å². The molecule has 12 atom stereocenters. The second-order valence-electron chi connectivity index (χ2n) is 14.9. The van der Waals surface area contributed by atoms with Gasteiger partial charge in [-0.3, -0.25) is 9.59 Å². The van der Waals surface area contributed by atoms with Gasteiger partial charge in [-0.05, 0) is 63.9 Å². The van der Waals surface area contributed by atoms with Gasteiger partial charge in [0.1, 0.15) is 24.4 Å². The number of hydrogen-bond donors (Lipinski definition) is 2. The Morgan fingerprint density at radius 1 is 1.02 bits per heavy atom. The number of furan rings is 1. The van der Waals surface area contributed by atoms with Gasteiger partial charge in [-0.25, -0.2) is 4.79 Å². The minimum atomic E-state index is -1.42. The molecule has 222 valence electrons. The lowest BCUT2D eigenvalue weighted by Gasteiger charge is -2.67. The molecule has 0 bridgehead atoms. The van der Waals surface area contributed by atoms with Gasteiger partial charge in [0, 0.05) is 28.4 Å². The number of carbonyl (C=O) groups is 3. The number of fused-ring (bicyclic) bond motifs is 2. The minimum absolute atomic E-state index is 0.00191. The topological polar surface area (TPSA) is 145 Å². The van der Waals surface area contributed by atoms with Crippen molar-refractivity contribution in [3.8, 4) is 0 Å². The lowest BCUT2D eigenvalue weighted by atomic mass is 9.35. The average Bonchev–Trinajstić information content (AvgIpc) is 3.22. The van der Waals surface area contributed by atoms with Gasteiger partial charge in [0.25, 0.3) is 0 Å². The number of aliphatic hydroxyl groups excluding tert-OH is 2. The molecule has 0 unspecified atom stereocenters. The van der Waals surface area contributed by atoms with Crippen LogP contribution in [-0.4, -0.2) is 70.7 Å². The van der Waals surface area contributed by atoms with Crippen LogP contribution in [0.15, 0.2) is 23.0 Å². The molecule has 1 aromatic heterocycles. The zero-order valence-electron chi connectivity index (χ0n) is 23.9. The SMILES string of the molecule is CC1(C)O[C@H]2[C@]3(CC[C@H](CO)C3)C(=O)OC[C@]23[C@H]1C(=O)[C@@H](O)[C@]1(C)[C@H]3CC[C@@]2(C)[C@H](c3ccoc3)OC(=O)[C@H]3O[C@]312. The molecule has 0 amide bonds. The van der Waals surface area contributed by atoms with E-state index in [4.69, 9.17) is 23.4 Å². The van der Waals surface area contributed by atoms with Crippen LogP contribution < -0.4 is 0 Å². The first-order chi connectivity index (χ1) is 19.3. The largest absolute Gasteiger partial charge is 0.472 e. The third-order valence-corrected chi connectivity index (χ3v) is 13.0. The van der Waals surface area contributed by atoms with E-state index in [1.54, 1.807) is 12.3 Å². The molecule has 3 saturated carbocycles. The van der Waals surface area contributed by atoms with Gasteiger partial charge < -0.3 is 33.6 Å². The van der Waals surface area contributed by atoms with E-state index in [1.165, 1.54) is 6.26 Å². The number of esters is 2. The molecule has 10 nitrogen and oxygen atoms in total. The monoisotopic (exact) mass is 570 g/mol. The Hall–Kier alpha value is -2.27. The molecule has 3 aliphatic carbocycles. The van der Waals surface area contributed by atoms with E-state index in [2.05, 4.69) is 0 Å². The summed E-state index contributed by atoms with van der Waals surface area (Å²) in [6, 6.07) is 1.77. The molecule has 3 spiro atoms. The molecular formula is C31H38O10. The third kappa shape index (κ3) is 2.61. The Labute approximate surface area is 238 Å². The molecular weight excluding hydrogens is 532 g/mol. The first-order valence-corrected chi connectivity index (χ1v) is 14.9. The Balaban J connectivity index is 1.33. The van der Waals surface area contributed by atoms with Crippen LogP contribution in [0.3, 0.4) is 0 Å². The maximum absolute atomic E-state index is 14.6. The van der Waals surface area contributed by atoms with Crippen LogP contribution >= 0.6 is 0 Å². The molecule has 4 aliphatic heterocycles. The van der Waals surface area contributed by atoms with Gasteiger partial charge in [-0.15, -0.1) is 0 Å². The number of hydrogen-bond acceptors (Lipinski definition) is 10. The molecule has 7 fully saturated rings. The fourth-order valence-corrected chi connectivity index (χ4v) is 11.5. The van der Waals surface area contributed by atoms with Crippen LogP contribution in [-0.2, 0) is 33.3 Å². The van der Waals surface area contributed by atoms with Gasteiger partial charge in [-0.2, -0.15) is 0 Å². The van der Waals surface area contributed by atoms with E-state index >= 15 is 0 Å². The molecule has 7 aliphatic rings. The van der Waals surface area contributed by atoms with Crippen LogP contribution in [0.5, 0.6) is 0 Å². The lowest BCUT2D eigenvalue weighted by Crippen LogP contribution is -2.77. The fraction of sp³-hybridized carbons (Fsp3) is 0.774. The number of carbonyl (C=O) groups excluding carboxylic acids is 3. The molecule has 1 aromatic rings. The summed E-state index contributed by atoms with van der Waals surface area (Å²) in [4.78, 5) is 41.6. The summed E-state index contributed by atoms with van der Waals surface area (Å²) in [5.41, 5.74) is -5.30. The number of ketones is 1. The summed E-state index contributed by atoms with van der Waals surface area (Å²) in [5.74, 6) is -2.33. The van der Waals surface area contributed by atoms with Gasteiger partial charge in [0.15, 0.2) is 11.9 Å². The summed E-state index contributed by atoms with van der Waals surface area (Å²) in [5, 5.41) is 22.2. The van der Waals surface area contributed by atoms with Crippen molar-refractivity contribution in [3.05, 3.63) is 24.2 Å². The Morgan fingerprint density at radius 2 is 1.80 bits per heavy atom. The molecule has 8 rings (SSSR count). The standard InChI is InChI=1S/C31H38O10/c1-26(2)19-18(33)20(34)28(4)17(30(19)14-38-25(36)29(24(30)41-26)9-5-15(11-29)12-32)6-8-27(3)21(16-7-10-37-13-16)39-23(35)22-31(27,28)40-22/h7,10,13,15,17,19-22,24,32,34H,5-6,8-9,11-12,14H2,1-4H3/t15-,17+,19-,20+,21-,22+,24-,27-,28-,29+,30-,31-/m0/s1. The summed E-state index contributed by atoms with van der Waals surface area (Å²) in [6.45, 7) is 7.63. The summed E-state index contributed by atoms with van der Waals surface area (Å²) >= 11 is 0. The molecule has 5 heterocycles. The second kappa shape index (κ2) is 7.62. The van der Waals surface area contributed by atoms with Gasteiger partial charge in [0.05, 0.1) is 35.6 Å². The van der Waals surface area contributed by atoms with E-state index in [1.807, 2.05) is 27.7 Å². The Bertz CT molecular complexity index is 1350. The third-order valence-electron chi connectivity index (χ3n) is 13.0. The number of ether oxygens (including phenoxy) is 4. The Morgan fingerprint density at radius 3 is 2.49 bits per heavy atom. The highest BCUT2D eigenvalue weighted by Gasteiger charge is 2.91. The van der Waals surface area contributed by atoms with Crippen molar-refractivity contribution in [1.82, 2.24) is 0 Å². The van der Waals surface area contributed by atoms with E-state index in [-0.39, 0.29) is 36.8 Å². The van der Waals surface area contributed by atoms with Crippen molar-refractivity contribution >= 4 is 17.7 Å². The van der Waals surface area contributed by atoms with Crippen molar-refractivity contribution in [2.45, 2.75) is 95.4 Å². The first-order valence-electron chi connectivity index (χ1n) is 14.9. The smallest absolute Gasteiger partial charge is 0.339 e. The second-order valence-corrected chi connectivity index (χ2v) is 14.9. The fourth-order valence-electron chi connectivity index (χ4n) is 11.5. The van der Waals surface area contributed by atoms with Gasteiger partial charge in [0.2, 0.25) is 0 Å². The summed E-state index contributed by atoms with van der Waals surface area (Å²) < 4.78 is 30.7. The molecule has 41 heavy (non-hydrogen) atoms. The molecule has 10 heteroatoms.